The molecule has 0 aromatic heterocycles. The third-order valence-corrected chi connectivity index (χ3v) is 1.43. The summed E-state index contributed by atoms with van der Waals surface area (Å²) in [6.45, 7) is 1.08. The van der Waals surface area contributed by atoms with E-state index in [1.807, 2.05) is 6.92 Å². The van der Waals surface area contributed by atoms with E-state index in [1.54, 1.807) is 0 Å². The highest BCUT2D eigenvalue weighted by molar-refractivity contribution is 4.87. The number of nitrogens with one attached hydrogen (secondary N) is 1. The van der Waals surface area contributed by atoms with Gasteiger partial charge in [0.05, 0.1) is 6.61 Å². The van der Waals surface area contributed by atoms with E-state index in [4.69, 9.17) is 6.42 Å². The predicted octanol–water partition coefficient (Wildman–Crippen LogP) is 1.57. The first-order valence-electron chi connectivity index (χ1n) is 4.27. The van der Waals surface area contributed by atoms with Gasteiger partial charge in [-0.3, -0.25) is 0 Å². The van der Waals surface area contributed by atoms with E-state index in [0.717, 1.165) is 0 Å². The van der Waals surface area contributed by atoms with E-state index in [-0.39, 0.29) is 12.6 Å². The van der Waals surface area contributed by atoms with Crippen molar-refractivity contribution in [2.45, 2.75) is 25.6 Å². The molecule has 0 aromatic rings. The Kier molecular flexibility index (Phi) is 6.34. The molecule has 1 N–H and O–H groups in total. The van der Waals surface area contributed by atoms with Crippen molar-refractivity contribution in [2.24, 2.45) is 0 Å². The summed E-state index contributed by atoms with van der Waals surface area (Å²) in [5, 5.41) is 2.93. The number of hydrogen-bond acceptors (Lipinski definition) is 2. The Morgan fingerprint density at radius 1 is 1.50 bits per heavy atom. The number of terminal acetylenes is 1. The molecule has 0 fully saturated rings. The van der Waals surface area contributed by atoms with Gasteiger partial charge in [-0.15, -0.1) is 12.3 Å². The van der Waals surface area contributed by atoms with Crippen LogP contribution in [0.5, 0.6) is 0 Å². The van der Waals surface area contributed by atoms with Gasteiger partial charge in [-0.1, -0.05) is 0 Å². The zero-order valence-electron chi connectivity index (χ0n) is 8.03. The van der Waals surface area contributed by atoms with Crippen LogP contribution in [0.3, 0.4) is 0 Å². The summed E-state index contributed by atoms with van der Waals surface area (Å²) < 4.78 is 39.2. The molecular weight excluding hydrogens is 195 g/mol. The number of hydrogen-bond donors (Lipinski definition) is 1. The summed E-state index contributed by atoms with van der Waals surface area (Å²) >= 11 is 0. The molecule has 1 unspecified atom stereocenters. The van der Waals surface area contributed by atoms with Gasteiger partial charge in [-0.25, -0.2) is 0 Å². The minimum atomic E-state index is -4.25. The van der Waals surface area contributed by atoms with Gasteiger partial charge < -0.3 is 10.1 Å². The number of rotatable bonds is 6. The largest absolute Gasteiger partial charge is 0.411 e. The molecule has 0 radical (unpaired) electrons. The average Bonchev–Trinajstić information content (AvgIpc) is 2.02. The maximum Gasteiger partial charge on any atom is 0.411 e. The molecular formula is C9H14F3NO. The van der Waals surface area contributed by atoms with Gasteiger partial charge in [-0.2, -0.15) is 13.2 Å². The summed E-state index contributed by atoms with van der Waals surface area (Å²) in [7, 11) is 0. The van der Waals surface area contributed by atoms with Crippen molar-refractivity contribution in [1.82, 2.24) is 5.32 Å². The number of alkyl halides is 3. The van der Waals surface area contributed by atoms with Crippen LogP contribution in [0, 0.1) is 12.3 Å². The van der Waals surface area contributed by atoms with Gasteiger partial charge in [0.15, 0.2) is 0 Å². The molecule has 1 atom stereocenters. The average molecular weight is 209 g/mol. The highest BCUT2D eigenvalue weighted by Gasteiger charge is 2.27. The second-order valence-corrected chi connectivity index (χ2v) is 2.93. The van der Waals surface area contributed by atoms with Crippen molar-refractivity contribution in [1.29, 1.82) is 0 Å². The monoisotopic (exact) mass is 209 g/mol. The van der Waals surface area contributed by atoms with Crippen molar-refractivity contribution in [3.63, 3.8) is 0 Å². The molecule has 0 saturated carbocycles. The van der Waals surface area contributed by atoms with Crippen molar-refractivity contribution in [3.05, 3.63) is 0 Å². The highest BCUT2D eigenvalue weighted by atomic mass is 19.4. The molecule has 82 valence electrons. The maximum absolute atomic E-state index is 11.6. The van der Waals surface area contributed by atoms with Crippen LogP contribution in [0.15, 0.2) is 0 Å². The molecule has 0 bridgehead atoms. The van der Waals surface area contributed by atoms with Crippen molar-refractivity contribution in [3.8, 4) is 12.3 Å². The lowest BCUT2D eigenvalue weighted by Crippen LogP contribution is -2.30. The molecule has 0 amide bonds. The van der Waals surface area contributed by atoms with Gasteiger partial charge in [0.1, 0.15) is 6.61 Å². The summed E-state index contributed by atoms with van der Waals surface area (Å²) in [6, 6.07) is 0.106. The number of ether oxygens (including phenoxy) is 1. The van der Waals surface area contributed by atoms with Gasteiger partial charge in [0, 0.05) is 19.0 Å². The molecule has 0 spiro atoms. The van der Waals surface area contributed by atoms with Crippen molar-refractivity contribution in [2.75, 3.05) is 19.8 Å². The first-order valence-corrected chi connectivity index (χ1v) is 4.27. The first kappa shape index (κ1) is 13.3. The fraction of sp³-hybridized carbons (Fsp3) is 0.778. The van der Waals surface area contributed by atoms with Crippen LogP contribution < -0.4 is 5.32 Å². The third kappa shape index (κ3) is 9.36. The quantitative estimate of drug-likeness (QED) is 0.529. The van der Waals surface area contributed by atoms with Crippen LogP contribution in [0.4, 0.5) is 13.2 Å². The molecule has 0 rings (SSSR count). The summed E-state index contributed by atoms with van der Waals surface area (Å²) in [5.41, 5.74) is 0. The second kappa shape index (κ2) is 6.68. The molecule has 5 heteroatoms. The van der Waals surface area contributed by atoms with Gasteiger partial charge in [0.25, 0.3) is 0 Å². The SMILES string of the molecule is C#CCC(C)NCCOCC(F)(F)F. The summed E-state index contributed by atoms with van der Waals surface area (Å²) in [5.74, 6) is 2.45. The fourth-order valence-corrected chi connectivity index (χ4v) is 0.814. The third-order valence-electron chi connectivity index (χ3n) is 1.43. The van der Waals surface area contributed by atoms with Crippen LogP contribution in [0.2, 0.25) is 0 Å². The Morgan fingerprint density at radius 2 is 2.14 bits per heavy atom. The smallest absolute Gasteiger partial charge is 0.371 e. The van der Waals surface area contributed by atoms with E-state index in [0.29, 0.717) is 13.0 Å². The first-order chi connectivity index (χ1) is 6.45. The van der Waals surface area contributed by atoms with Crippen LogP contribution in [0.25, 0.3) is 0 Å². The summed E-state index contributed by atoms with van der Waals surface area (Å²) in [4.78, 5) is 0. The van der Waals surface area contributed by atoms with E-state index in [2.05, 4.69) is 16.0 Å². The molecule has 0 aliphatic heterocycles. The lowest BCUT2D eigenvalue weighted by atomic mass is 10.2. The van der Waals surface area contributed by atoms with Gasteiger partial charge >= 0.3 is 6.18 Å². The molecule has 0 heterocycles. The second-order valence-electron chi connectivity index (χ2n) is 2.93. The Bertz CT molecular complexity index is 185. The predicted molar refractivity (Wildman–Crippen MR) is 47.8 cm³/mol. The van der Waals surface area contributed by atoms with E-state index < -0.39 is 12.8 Å². The molecule has 0 aliphatic rings. The summed E-state index contributed by atoms with van der Waals surface area (Å²) in [6.07, 6.45) is 1.36. The van der Waals surface area contributed by atoms with Crippen LogP contribution in [0.1, 0.15) is 13.3 Å². The van der Waals surface area contributed by atoms with Crippen LogP contribution >= 0.6 is 0 Å². The topological polar surface area (TPSA) is 21.3 Å². The lowest BCUT2D eigenvalue weighted by Gasteiger charge is -2.11. The van der Waals surface area contributed by atoms with E-state index >= 15 is 0 Å². The van der Waals surface area contributed by atoms with Gasteiger partial charge in [-0.05, 0) is 6.92 Å². The zero-order valence-corrected chi connectivity index (χ0v) is 8.03. The Morgan fingerprint density at radius 3 is 2.64 bits per heavy atom. The molecule has 0 saturated heterocycles. The standard InChI is InChI=1S/C9H14F3NO/c1-3-4-8(2)13-5-6-14-7-9(10,11)12/h1,8,13H,4-7H2,2H3. The maximum atomic E-state index is 11.6. The van der Waals surface area contributed by atoms with Crippen molar-refractivity contribution < 1.29 is 17.9 Å². The molecule has 0 aliphatic carbocycles. The van der Waals surface area contributed by atoms with Crippen LogP contribution in [-0.4, -0.2) is 32.0 Å². The number of halogens is 3. The Hall–Kier alpha value is -0.730. The van der Waals surface area contributed by atoms with Gasteiger partial charge in [0.2, 0.25) is 0 Å². The molecule has 2 nitrogen and oxygen atoms in total. The minimum Gasteiger partial charge on any atom is -0.371 e. The lowest BCUT2D eigenvalue weighted by molar-refractivity contribution is -0.173. The fourth-order valence-electron chi connectivity index (χ4n) is 0.814. The zero-order chi connectivity index (χ0) is 11.0. The Labute approximate surface area is 81.8 Å². The highest BCUT2D eigenvalue weighted by Crippen LogP contribution is 2.13. The minimum absolute atomic E-state index is 0.0361. The van der Waals surface area contributed by atoms with Crippen LogP contribution in [-0.2, 0) is 4.74 Å². The van der Waals surface area contributed by atoms with E-state index in [1.165, 1.54) is 0 Å². The molecule has 0 aromatic carbocycles. The van der Waals surface area contributed by atoms with E-state index in [9.17, 15) is 13.2 Å². The normalized spacial score (nSPS) is 13.6. The Balaban J connectivity index is 3.27. The van der Waals surface area contributed by atoms with Crippen molar-refractivity contribution >= 4 is 0 Å². The molecule has 14 heavy (non-hydrogen) atoms.